The molecular formula is C17H14F3N5. The van der Waals surface area contributed by atoms with Gasteiger partial charge in [-0.05, 0) is 42.5 Å². The van der Waals surface area contributed by atoms with E-state index in [0.717, 1.165) is 17.8 Å². The van der Waals surface area contributed by atoms with Crippen LogP contribution in [0.1, 0.15) is 11.3 Å². The van der Waals surface area contributed by atoms with E-state index in [1.54, 1.807) is 18.5 Å². The van der Waals surface area contributed by atoms with Crippen molar-refractivity contribution in [3.8, 4) is 0 Å². The topological polar surface area (TPSA) is 62.7 Å². The fourth-order valence-electron chi connectivity index (χ4n) is 2.07. The molecule has 0 aliphatic heterocycles. The lowest BCUT2D eigenvalue weighted by atomic mass is 10.2. The summed E-state index contributed by atoms with van der Waals surface area (Å²) in [5.41, 5.74) is 0.623. The molecular weight excluding hydrogens is 331 g/mol. The van der Waals surface area contributed by atoms with Crippen LogP contribution >= 0.6 is 0 Å². The Morgan fingerprint density at radius 2 is 1.68 bits per heavy atom. The largest absolute Gasteiger partial charge is 0.416 e. The first-order valence-electron chi connectivity index (χ1n) is 7.42. The second-order valence-corrected chi connectivity index (χ2v) is 5.14. The van der Waals surface area contributed by atoms with Gasteiger partial charge in [-0.2, -0.15) is 18.2 Å². The van der Waals surface area contributed by atoms with Gasteiger partial charge in [0.15, 0.2) is 0 Å². The fraction of sp³-hybridized carbons (Fsp3) is 0.118. The Hall–Kier alpha value is -3.16. The maximum Gasteiger partial charge on any atom is 0.416 e. The number of pyridine rings is 1. The average molecular weight is 345 g/mol. The molecule has 2 heterocycles. The zero-order valence-corrected chi connectivity index (χ0v) is 13.0. The van der Waals surface area contributed by atoms with Crippen LogP contribution in [0, 0.1) is 0 Å². The molecule has 0 aliphatic carbocycles. The van der Waals surface area contributed by atoms with E-state index in [9.17, 15) is 13.2 Å². The quantitative estimate of drug-likeness (QED) is 0.724. The highest BCUT2D eigenvalue weighted by Gasteiger charge is 2.29. The molecule has 5 nitrogen and oxygen atoms in total. The van der Waals surface area contributed by atoms with Crippen LogP contribution in [0.2, 0.25) is 0 Å². The fourth-order valence-corrected chi connectivity index (χ4v) is 2.07. The van der Waals surface area contributed by atoms with Gasteiger partial charge in [0.1, 0.15) is 5.82 Å². The Balaban J connectivity index is 1.65. The molecule has 0 amide bonds. The molecule has 0 radical (unpaired) electrons. The van der Waals surface area contributed by atoms with Crippen LogP contribution in [0.15, 0.2) is 60.9 Å². The smallest absolute Gasteiger partial charge is 0.364 e. The number of anilines is 3. The Morgan fingerprint density at radius 1 is 0.880 bits per heavy atom. The van der Waals surface area contributed by atoms with E-state index in [0.29, 0.717) is 18.1 Å². The van der Waals surface area contributed by atoms with Crippen LogP contribution in [0.3, 0.4) is 0 Å². The van der Waals surface area contributed by atoms with Crippen molar-refractivity contribution in [2.45, 2.75) is 12.7 Å². The zero-order chi connectivity index (χ0) is 17.7. The number of aromatic nitrogens is 3. The van der Waals surface area contributed by atoms with Gasteiger partial charge in [-0.15, -0.1) is 0 Å². The van der Waals surface area contributed by atoms with Gasteiger partial charge in [0.25, 0.3) is 0 Å². The summed E-state index contributed by atoms with van der Waals surface area (Å²) in [6, 6.07) is 12.0. The van der Waals surface area contributed by atoms with Crippen LogP contribution < -0.4 is 10.6 Å². The van der Waals surface area contributed by atoms with Crippen LogP contribution in [0.25, 0.3) is 0 Å². The van der Waals surface area contributed by atoms with Crippen LogP contribution in [0.4, 0.5) is 30.6 Å². The molecule has 0 saturated heterocycles. The number of hydrogen-bond acceptors (Lipinski definition) is 5. The molecule has 0 aliphatic rings. The summed E-state index contributed by atoms with van der Waals surface area (Å²) in [5, 5.41) is 5.99. The number of nitrogens with zero attached hydrogens (tertiary/aromatic N) is 3. The Morgan fingerprint density at radius 3 is 2.36 bits per heavy atom. The first kappa shape index (κ1) is 16.7. The SMILES string of the molecule is FC(F)(F)c1ccc(Nc2nccc(NCc3ccccn3)n2)cc1. The molecule has 0 bridgehead atoms. The Kier molecular flexibility index (Phi) is 4.78. The second-order valence-electron chi connectivity index (χ2n) is 5.14. The minimum absolute atomic E-state index is 0.283. The Bertz CT molecular complexity index is 820. The highest BCUT2D eigenvalue weighted by Crippen LogP contribution is 2.30. The van der Waals surface area contributed by atoms with Crippen molar-refractivity contribution < 1.29 is 13.2 Å². The molecule has 128 valence electrons. The first-order valence-corrected chi connectivity index (χ1v) is 7.42. The van der Waals surface area contributed by atoms with Crippen molar-refractivity contribution in [1.29, 1.82) is 0 Å². The van der Waals surface area contributed by atoms with Gasteiger partial charge >= 0.3 is 6.18 Å². The van der Waals surface area contributed by atoms with Gasteiger partial charge in [0.05, 0.1) is 17.8 Å². The summed E-state index contributed by atoms with van der Waals surface area (Å²) in [7, 11) is 0. The van der Waals surface area contributed by atoms with Crippen LogP contribution in [-0.2, 0) is 12.7 Å². The third-order valence-electron chi connectivity index (χ3n) is 3.30. The number of alkyl halides is 3. The highest BCUT2D eigenvalue weighted by molar-refractivity contribution is 5.55. The van der Waals surface area contributed by atoms with E-state index in [2.05, 4.69) is 25.6 Å². The molecule has 2 N–H and O–H groups in total. The van der Waals surface area contributed by atoms with Crippen LogP contribution in [0.5, 0.6) is 0 Å². The minimum atomic E-state index is -4.36. The summed E-state index contributed by atoms with van der Waals surface area (Å²) < 4.78 is 37.7. The second kappa shape index (κ2) is 7.16. The lowest BCUT2D eigenvalue weighted by molar-refractivity contribution is -0.137. The van der Waals surface area contributed by atoms with Gasteiger partial charge in [-0.25, -0.2) is 4.98 Å². The monoisotopic (exact) mass is 345 g/mol. The zero-order valence-electron chi connectivity index (χ0n) is 13.0. The third-order valence-corrected chi connectivity index (χ3v) is 3.30. The summed E-state index contributed by atoms with van der Waals surface area (Å²) in [5.74, 6) is 0.862. The van der Waals surface area contributed by atoms with E-state index >= 15 is 0 Å². The van der Waals surface area contributed by atoms with Gasteiger partial charge < -0.3 is 10.6 Å². The third kappa shape index (κ3) is 4.66. The number of benzene rings is 1. The van der Waals surface area contributed by atoms with Gasteiger partial charge in [-0.1, -0.05) is 6.07 Å². The number of halogens is 3. The molecule has 0 unspecified atom stereocenters. The number of nitrogens with one attached hydrogen (secondary N) is 2. The van der Waals surface area contributed by atoms with E-state index in [4.69, 9.17) is 0 Å². The standard InChI is InChI=1S/C17H14F3N5/c18-17(19,20)12-4-6-13(7-5-12)24-16-22-10-8-15(25-16)23-11-14-3-1-2-9-21-14/h1-10H,11H2,(H2,22,23,24,25). The molecule has 25 heavy (non-hydrogen) atoms. The summed E-state index contributed by atoms with van der Waals surface area (Å²) in [6.07, 6.45) is -1.10. The van der Waals surface area contributed by atoms with Crippen molar-refractivity contribution in [1.82, 2.24) is 15.0 Å². The van der Waals surface area contributed by atoms with Gasteiger partial charge in [0, 0.05) is 18.1 Å². The van der Waals surface area contributed by atoms with Crippen molar-refractivity contribution in [3.63, 3.8) is 0 Å². The maximum absolute atomic E-state index is 12.6. The summed E-state index contributed by atoms with van der Waals surface area (Å²) in [4.78, 5) is 12.5. The predicted molar refractivity (Wildman–Crippen MR) is 88.3 cm³/mol. The van der Waals surface area contributed by atoms with E-state index in [1.807, 2.05) is 18.2 Å². The molecule has 0 spiro atoms. The maximum atomic E-state index is 12.6. The molecule has 3 rings (SSSR count). The molecule has 1 aromatic carbocycles. The molecule has 0 fully saturated rings. The van der Waals surface area contributed by atoms with Gasteiger partial charge in [0.2, 0.25) is 5.95 Å². The highest BCUT2D eigenvalue weighted by atomic mass is 19.4. The summed E-state index contributed by atoms with van der Waals surface area (Å²) in [6.45, 7) is 0.498. The average Bonchev–Trinajstić information content (AvgIpc) is 2.61. The first-order chi connectivity index (χ1) is 12.0. The van der Waals surface area contributed by atoms with Crippen LogP contribution in [-0.4, -0.2) is 15.0 Å². The van der Waals surface area contributed by atoms with Crippen molar-refractivity contribution in [3.05, 3.63) is 72.2 Å². The normalized spacial score (nSPS) is 11.2. The van der Waals surface area contributed by atoms with Crippen molar-refractivity contribution >= 4 is 17.5 Å². The molecule has 8 heteroatoms. The lowest BCUT2D eigenvalue weighted by Crippen LogP contribution is -2.06. The Labute approximate surface area is 142 Å². The minimum Gasteiger partial charge on any atom is -0.364 e. The summed E-state index contributed by atoms with van der Waals surface area (Å²) >= 11 is 0. The van der Waals surface area contributed by atoms with E-state index in [-0.39, 0.29) is 5.95 Å². The predicted octanol–water partition coefficient (Wildman–Crippen LogP) is 4.25. The van der Waals surface area contributed by atoms with Crippen molar-refractivity contribution in [2.75, 3.05) is 10.6 Å². The van der Waals surface area contributed by atoms with E-state index < -0.39 is 11.7 Å². The molecule has 0 atom stereocenters. The number of rotatable bonds is 5. The molecule has 3 aromatic rings. The van der Waals surface area contributed by atoms with E-state index in [1.165, 1.54) is 12.1 Å². The van der Waals surface area contributed by atoms with Gasteiger partial charge in [-0.3, -0.25) is 4.98 Å². The molecule has 2 aromatic heterocycles. The van der Waals surface area contributed by atoms with Crippen molar-refractivity contribution in [2.24, 2.45) is 0 Å². The number of hydrogen-bond donors (Lipinski definition) is 2. The molecule has 0 saturated carbocycles. The lowest BCUT2D eigenvalue weighted by Gasteiger charge is -2.10.